The molecule has 0 saturated carbocycles. The highest BCUT2D eigenvalue weighted by Crippen LogP contribution is 2.24. The first kappa shape index (κ1) is 17.8. The van der Waals surface area contributed by atoms with Crippen LogP contribution >= 0.6 is 11.6 Å². The molecule has 0 unspecified atom stereocenters. The van der Waals surface area contributed by atoms with Gasteiger partial charge in [0.25, 0.3) is 17.4 Å². The molecule has 0 radical (unpaired) electrons. The molecule has 134 valence electrons. The van der Waals surface area contributed by atoms with Crippen molar-refractivity contribution < 1.29 is 23.9 Å². The van der Waals surface area contributed by atoms with E-state index in [-0.39, 0.29) is 5.75 Å². The fraction of sp³-hybridized carbons (Fsp3) is 0.167. The number of carbonyl (C=O) groups excluding carboxylic acids is 3. The van der Waals surface area contributed by atoms with Crippen LogP contribution in [-0.4, -0.2) is 23.4 Å². The van der Waals surface area contributed by atoms with Gasteiger partial charge in [-0.2, -0.15) is 0 Å². The number of nitrogens with one attached hydrogen (secondary N) is 2. The third-order valence-corrected chi connectivity index (χ3v) is 4.04. The van der Waals surface area contributed by atoms with Crippen LogP contribution in [0.3, 0.4) is 0 Å². The second-order valence-corrected chi connectivity index (χ2v) is 6.20. The SMILES string of the molecule is CC1(Oc2ccc(OCc3ccc(Cl)cc3)cc2)C(=O)NC(=O)NC1=O. The van der Waals surface area contributed by atoms with Crippen LogP contribution in [0.15, 0.2) is 48.5 Å². The van der Waals surface area contributed by atoms with Crippen molar-refractivity contribution in [3.63, 3.8) is 0 Å². The number of hydrogen-bond donors (Lipinski definition) is 2. The standard InChI is InChI=1S/C18H15ClN2O5/c1-18(15(22)20-17(24)21-16(18)23)26-14-8-6-13(7-9-14)25-10-11-2-4-12(19)5-3-11/h2-9H,10H2,1H3,(H2,20,21,22,23,24). The first-order valence-corrected chi connectivity index (χ1v) is 8.08. The number of barbiturate groups is 1. The fourth-order valence-electron chi connectivity index (χ4n) is 2.26. The van der Waals surface area contributed by atoms with Crippen molar-refractivity contribution in [1.82, 2.24) is 10.6 Å². The number of urea groups is 1. The maximum atomic E-state index is 11.9. The van der Waals surface area contributed by atoms with E-state index >= 15 is 0 Å². The van der Waals surface area contributed by atoms with E-state index in [0.717, 1.165) is 5.56 Å². The quantitative estimate of drug-likeness (QED) is 0.784. The molecule has 4 amide bonds. The highest BCUT2D eigenvalue weighted by molar-refractivity contribution is 6.30. The number of imide groups is 2. The Morgan fingerprint density at radius 3 is 2.00 bits per heavy atom. The lowest BCUT2D eigenvalue weighted by Crippen LogP contribution is -2.67. The molecule has 8 heteroatoms. The Kier molecular flexibility index (Phi) is 4.81. The largest absolute Gasteiger partial charge is 0.489 e. The van der Waals surface area contributed by atoms with Crippen molar-refractivity contribution in [3.05, 3.63) is 59.1 Å². The van der Waals surface area contributed by atoms with Gasteiger partial charge in [-0.05, 0) is 48.9 Å². The summed E-state index contributed by atoms with van der Waals surface area (Å²) in [6.07, 6.45) is 0. The molecule has 1 aliphatic rings. The van der Waals surface area contributed by atoms with E-state index in [2.05, 4.69) is 0 Å². The molecule has 1 heterocycles. The molecule has 1 fully saturated rings. The van der Waals surface area contributed by atoms with Gasteiger partial charge in [-0.1, -0.05) is 23.7 Å². The molecule has 3 rings (SSSR count). The second kappa shape index (κ2) is 7.05. The first-order chi connectivity index (χ1) is 12.4. The van der Waals surface area contributed by atoms with Crippen LogP contribution in [0.5, 0.6) is 11.5 Å². The van der Waals surface area contributed by atoms with Gasteiger partial charge in [0.2, 0.25) is 0 Å². The normalized spacial score (nSPS) is 15.8. The van der Waals surface area contributed by atoms with Crippen molar-refractivity contribution in [2.75, 3.05) is 0 Å². The average molecular weight is 375 g/mol. The Morgan fingerprint density at radius 2 is 1.42 bits per heavy atom. The molecule has 0 atom stereocenters. The Labute approximate surface area is 154 Å². The van der Waals surface area contributed by atoms with Gasteiger partial charge >= 0.3 is 6.03 Å². The van der Waals surface area contributed by atoms with Crippen molar-refractivity contribution in [2.24, 2.45) is 0 Å². The maximum Gasteiger partial charge on any atom is 0.328 e. The zero-order chi connectivity index (χ0) is 18.7. The Balaban J connectivity index is 1.64. The highest BCUT2D eigenvalue weighted by Gasteiger charge is 2.48. The van der Waals surface area contributed by atoms with Crippen molar-refractivity contribution in [3.8, 4) is 11.5 Å². The number of benzene rings is 2. The van der Waals surface area contributed by atoms with Crippen LogP contribution in [0.25, 0.3) is 0 Å². The summed E-state index contributed by atoms with van der Waals surface area (Å²) in [6.45, 7) is 1.65. The molecular weight excluding hydrogens is 360 g/mol. The lowest BCUT2D eigenvalue weighted by atomic mass is 10.0. The molecule has 1 saturated heterocycles. The topological polar surface area (TPSA) is 93.7 Å². The highest BCUT2D eigenvalue weighted by atomic mass is 35.5. The van der Waals surface area contributed by atoms with Crippen LogP contribution in [0, 0.1) is 0 Å². The minimum atomic E-state index is -1.83. The van der Waals surface area contributed by atoms with E-state index in [4.69, 9.17) is 21.1 Å². The summed E-state index contributed by atoms with van der Waals surface area (Å²) in [5.41, 5.74) is -0.873. The maximum absolute atomic E-state index is 11.9. The van der Waals surface area contributed by atoms with Gasteiger partial charge in [0.15, 0.2) is 0 Å². The molecule has 0 aliphatic carbocycles. The molecule has 2 aromatic carbocycles. The van der Waals surface area contributed by atoms with Gasteiger partial charge < -0.3 is 9.47 Å². The molecular formula is C18H15ClN2O5. The van der Waals surface area contributed by atoms with Crippen LogP contribution in [0.4, 0.5) is 4.79 Å². The van der Waals surface area contributed by atoms with Crippen molar-refractivity contribution in [2.45, 2.75) is 19.1 Å². The van der Waals surface area contributed by atoms with Gasteiger partial charge in [-0.3, -0.25) is 20.2 Å². The average Bonchev–Trinajstić information content (AvgIpc) is 2.61. The molecule has 26 heavy (non-hydrogen) atoms. The zero-order valence-electron chi connectivity index (χ0n) is 13.7. The van der Waals surface area contributed by atoms with E-state index in [1.807, 2.05) is 22.8 Å². The molecule has 7 nitrogen and oxygen atoms in total. The van der Waals surface area contributed by atoms with E-state index < -0.39 is 23.4 Å². The number of halogens is 1. The number of amides is 4. The lowest BCUT2D eigenvalue weighted by molar-refractivity contribution is -0.149. The summed E-state index contributed by atoms with van der Waals surface area (Å²) in [6, 6.07) is 12.9. The molecule has 2 N–H and O–H groups in total. The van der Waals surface area contributed by atoms with Crippen LogP contribution in [-0.2, 0) is 16.2 Å². The van der Waals surface area contributed by atoms with Gasteiger partial charge in [0.05, 0.1) is 0 Å². The van der Waals surface area contributed by atoms with Crippen molar-refractivity contribution >= 4 is 29.4 Å². The Hall–Kier alpha value is -3.06. The van der Waals surface area contributed by atoms with Gasteiger partial charge in [-0.25, -0.2) is 4.79 Å². The Morgan fingerprint density at radius 1 is 0.885 bits per heavy atom. The number of rotatable bonds is 5. The Bertz CT molecular complexity index is 829. The zero-order valence-corrected chi connectivity index (χ0v) is 14.5. The molecule has 0 spiro atoms. The first-order valence-electron chi connectivity index (χ1n) is 7.70. The van der Waals surface area contributed by atoms with Gasteiger partial charge in [0, 0.05) is 5.02 Å². The lowest BCUT2D eigenvalue weighted by Gasteiger charge is -2.30. The monoisotopic (exact) mass is 374 g/mol. The van der Waals surface area contributed by atoms with E-state index in [1.54, 1.807) is 36.4 Å². The number of ether oxygens (including phenoxy) is 2. The van der Waals surface area contributed by atoms with E-state index in [1.165, 1.54) is 6.92 Å². The fourth-order valence-corrected chi connectivity index (χ4v) is 2.38. The van der Waals surface area contributed by atoms with E-state index in [0.29, 0.717) is 17.4 Å². The van der Waals surface area contributed by atoms with Gasteiger partial charge in [0.1, 0.15) is 18.1 Å². The van der Waals surface area contributed by atoms with Crippen LogP contribution < -0.4 is 20.1 Å². The molecule has 0 bridgehead atoms. The summed E-state index contributed by atoms with van der Waals surface area (Å²) in [4.78, 5) is 35.0. The number of carbonyl (C=O) groups is 3. The third-order valence-electron chi connectivity index (χ3n) is 3.79. The third kappa shape index (κ3) is 3.78. The molecule has 0 aromatic heterocycles. The van der Waals surface area contributed by atoms with Crippen molar-refractivity contribution in [1.29, 1.82) is 0 Å². The van der Waals surface area contributed by atoms with E-state index in [9.17, 15) is 14.4 Å². The predicted octanol–water partition coefficient (Wildman–Crippen LogP) is 2.42. The smallest absolute Gasteiger partial charge is 0.328 e. The molecule has 2 aromatic rings. The van der Waals surface area contributed by atoms with Crippen LogP contribution in [0.1, 0.15) is 12.5 Å². The molecule has 1 aliphatic heterocycles. The summed E-state index contributed by atoms with van der Waals surface area (Å²) in [5.74, 6) is -0.778. The predicted molar refractivity (Wildman–Crippen MR) is 92.9 cm³/mol. The summed E-state index contributed by atoms with van der Waals surface area (Å²) in [7, 11) is 0. The number of hydrogen-bond acceptors (Lipinski definition) is 5. The van der Waals surface area contributed by atoms with Gasteiger partial charge in [-0.15, -0.1) is 0 Å². The van der Waals surface area contributed by atoms with Crippen LogP contribution in [0.2, 0.25) is 5.02 Å². The minimum Gasteiger partial charge on any atom is -0.489 e. The summed E-state index contributed by atoms with van der Waals surface area (Å²) in [5, 5.41) is 4.66. The summed E-state index contributed by atoms with van der Waals surface area (Å²) < 4.78 is 11.2. The second-order valence-electron chi connectivity index (χ2n) is 5.76. The minimum absolute atomic E-state index is 0.283. The summed E-state index contributed by atoms with van der Waals surface area (Å²) >= 11 is 5.84.